The van der Waals surface area contributed by atoms with E-state index >= 15 is 0 Å². The summed E-state index contributed by atoms with van der Waals surface area (Å²) in [6, 6.07) is 9.04. The molecule has 1 amide bonds. The van der Waals surface area contributed by atoms with Gasteiger partial charge in [0.05, 0.1) is 5.52 Å². The van der Waals surface area contributed by atoms with Crippen LogP contribution in [0.4, 0.5) is 18.0 Å². The molecule has 6 nitrogen and oxygen atoms in total. The number of ether oxygens (including phenoxy) is 1. The van der Waals surface area contributed by atoms with Crippen LogP contribution in [0.25, 0.3) is 21.8 Å². The summed E-state index contributed by atoms with van der Waals surface area (Å²) in [4.78, 5) is 19.9. The summed E-state index contributed by atoms with van der Waals surface area (Å²) in [5, 5.41) is 1.37. The predicted molar refractivity (Wildman–Crippen MR) is 121 cm³/mol. The number of rotatable bonds is 4. The maximum absolute atomic E-state index is 13.7. The molecule has 1 aliphatic rings. The van der Waals surface area contributed by atoms with Gasteiger partial charge in [0.1, 0.15) is 5.60 Å². The predicted octanol–water partition coefficient (Wildman–Crippen LogP) is 5.15. The first-order valence-corrected chi connectivity index (χ1v) is 11.2. The van der Waals surface area contributed by atoms with Gasteiger partial charge in [-0.2, -0.15) is 13.2 Å². The molecule has 0 atom stereocenters. The van der Waals surface area contributed by atoms with Crippen molar-refractivity contribution in [3.63, 3.8) is 0 Å². The van der Waals surface area contributed by atoms with Crippen LogP contribution in [-0.2, 0) is 17.5 Å². The fourth-order valence-electron chi connectivity index (χ4n) is 4.37. The van der Waals surface area contributed by atoms with Gasteiger partial charge in [-0.15, -0.1) is 0 Å². The number of carbonyl (C=O) groups excluding carboxylic acids is 1. The number of pyridine rings is 1. The maximum atomic E-state index is 13.7. The average Bonchev–Trinajstić information content (AvgIpc) is 3.06. The molecule has 0 radical (unpaired) electrons. The van der Waals surface area contributed by atoms with E-state index in [2.05, 4.69) is 9.88 Å². The monoisotopic (exact) mass is 462 g/mol. The summed E-state index contributed by atoms with van der Waals surface area (Å²) in [6.45, 7) is 9.28. The van der Waals surface area contributed by atoms with Crippen LogP contribution in [0.1, 0.15) is 32.9 Å². The van der Waals surface area contributed by atoms with Crippen molar-refractivity contribution in [2.24, 2.45) is 0 Å². The Bertz CT molecular complexity index is 1140. The number of carbonyl (C=O) groups is 1. The molecule has 33 heavy (non-hydrogen) atoms. The zero-order chi connectivity index (χ0) is 23.8. The fourth-order valence-corrected chi connectivity index (χ4v) is 4.37. The van der Waals surface area contributed by atoms with Crippen LogP contribution in [-0.4, -0.2) is 63.8 Å². The van der Waals surface area contributed by atoms with Crippen LogP contribution in [0.15, 0.2) is 36.5 Å². The van der Waals surface area contributed by atoms with E-state index in [4.69, 9.17) is 4.74 Å². The first-order valence-electron chi connectivity index (χ1n) is 11.2. The molecule has 0 spiro atoms. The molecule has 3 aromatic rings. The number of halogens is 3. The second-order valence-corrected chi connectivity index (χ2v) is 9.38. The zero-order valence-electron chi connectivity index (χ0n) is 19.2. The number of alkyl halides is 3. The Labute approximate surface area is 190 Å². The summed E-state index contributed by atoms with van der Waals surface area (Å²) in [6.07, 6.45) is -2.91. The van der Waals surface area contributed by atoms with E-state index in [1.807, 2.05) is 45.0 Å². The molecule has 1 fully saturated rings. The minimum absolute atomic E-state index is 0.140. The molecule has 2 aromatic heterocycles. The van der Waals surface area contributed by atoms with Gasteiger partial charge in [-0.05, 0) is 45.9 Å². The van der Waals surface area contributed by atoms with Crippen molar-refractivity contribution in [2.75, 3.05) is 32.7 Å². The number of benzene rings is 1. The smallest absolute Gasteiger partial charge is 0.435 e. The van der Waals surface area contributed by atoms with Crippen molar-refractivity contribution in [1.29, 1.82) is 0 Å². The van der Waals surface area contributed by atoms with Crippen molar-refractivity contribution in [3.05, 3.63) is 42.2 Å². The van der Waals surface area contributed by atoms with Crippen molar-refractivity contribution < 1.29 is 22.7 Å². The number of aryl methyl sites for hydroxylation is 1. The SMILES string of the molecule is CC(C)(C)OC(=O)N1CCN(CCCn2c3ccccc3c3ccnc(C(F)(F)F)c32)CC1. The van der Waals surface area contributed by atoms with Gasteiger partial charge >= 0.3 is 12.3 Å². The number of fused-ring (bicyclic) bond motifs is 3. The largest absolute Gasteiger partial charge is 0.444 e. The zero-order valence-corrected chi connectivity index (χ0v) is 19.2. The quantitative estimate of drug-likeness (QED) is 0.538. The third kappa shape index (κ3) is 5.08. The van der Waals surface area contributed by atoms with Crippen molar-refractivity contribution in [2.45, 2.75) is 45.5 Å². The van der Waals surface area contributed by atoms with E-state index in [1.165, 1.54) is 6.20 Å². The Kier molecular flexibility index (Phi) is 6.26. The van der Waals surface area contributed by atoms with Crippen LogP contribution >= 0.6 is 0 Å². The fraction of sp³-hybridized carbons (Fsp3) is 0.500. The molecule has 3 heterocycles. The minimum Gasteiger partial charge on any atom is -0.444 e. The van der Waals surface area contributed by atoms with E-state index in [9.17, 15) is 18.0 Å². The minimum atomic E-state index is -4.52. The van der Waals surface area contributed by atoms with Crippen LogP contribution in [0, 0.1) is 0 Å². The Morgan fingerprint density at radius 2 is 1.70 bits per heavy atom. The molecular formula is C24H29F3N4O2. The van der Waals surface area contributed by atoms with Crippen LogP contribution in [0.5, 0.6) is 0 Å². The highest BCUT2D eigenvalue weighted by molar-refractivity contribution is 6.08. The lowest BCUT2D eigenvalue weighted by Gasteiger charge is -2.35. The van der Waals surface area contributed by atoms with Gasteiger partial charge < -0.3 is 14.2 Å². The molecule has 0 saturated carbocycles. The summed E-state index contributed by atoms with van der Waals surface area (Å²) in [5.74, 6) is 0. The molecule has 0 aliphatic carbocycles. The Balaban J connectivity index is 1.46. The molecule has 9 heteroatoms. The van der Waals surface area contributed by atoms with Crippen LogP contribution < -0.4 is 0 Å². The third-order valence-electron chi connectivity index (χ3n) is 5.83. The highest BCUT2D eigenvalue weighted by Crippen LogP contribution is 2.37. The normalized spacial score (nSPS) is 16.0. The number of para-hydroxylation sites is 1. The van der Waals surface area contributed by atoms with E-state index in [0.717, 1.165) is 17.4 Å². The van der Waals surface area contributed by atoms with Crippen molar-refractivity contribution >= 4 is 27.9 Å². The summed E-state index contributed by atoms with van der Waals surface area (Å²) in [7, 11) is 0. The number of hydrogen-bond acceptors (Lipinski definition) is 4. The lowest BCUT2D eigenvalue weighted by molar-refractivity contribution is -0.140. The molecule has 1 saturated heterocycles. The first kappa shape index (κ1) is 23.4. The number of amides is 1. The van der Waals surface area contributed by atoms with Gasteiger partial charge in [-0.1, -0.05) is 18.2 Å². The summed E-state index contributed by atoms with van der Waals surface area (Å²) >= 11 is 0. The van der Waals surface area contributed by atoms with Gasteiger partial charge in [-0.3, -0.25) is 4.90 Å². The Morgan fingerprint density at radius 3 is 2.36 bits per heavy atom. The number of nitrogens with zero attached hydrogens (tertiary/aromatic N) is 4. The second-order valence-electron chi connectivity index (χ2n) is 9.38. The highest BCUT2D eigenvalue weighted by Gasteiger charge is 2.36. The topological polar surface area (TPSA) is 50.6 Å². The highest BCUT2D eigenvalue weighted by atomic mass is 19.4. The second kappa shape index (κ2) is 8.85. The van der Waals surface area contributed by atoms with Gasteiger partial charge in [0.25, 0.3) is 0 Å². The van der Waals surface area contributed by atoms with Gasteiger partial charge in [0, 0.05) is 55.2 Å². The van der Waals surface area contributed by atoms with Gasteiger partial charge in [0.2, 0.25) is 0 Å². The molecule has 1 aromatic carbocycles. The third-order valence-corrected chi connectivity index (χ3v) is 5.83. The first-order chi connectivity index (χ1) is 15.5. The number of aromatic nitrogens is 2. The van der Waals surface area contributed by atoms with E-state index in [0.29, 0.717) is 44.5 Å². The average molecular weight is 463 g/mol. The van der Waals surface area contributed by atoms with Gasteiger partial charge in [0.15, 0.2) is 5.69 Å². The molecule has 1 aliphatic heterocycles. The maximum Gasteiger partial charge on any atom is 0.435 e. The van der Waals surface area contributed by atoms with Crippen molar-refractivity contribution in [1.82, 2.24) is 19.4 Å². The van der Waals surface area contributed by atoms with Crippen molar-refractivity contribution in [3.8, 4) is 0 Å². The van der Waals surface area contributed by atoms with Gasteiger partial charge in [-0.25, -0.2) is 9.78 Å². The number of hydrogen-bond donors (Lipinski definition) is 0. The van der Waals surface area contributed by atoms with Crippen LogP contribution in [0.3, 0.4) is 0 Å². The molecular weight excluding hydrogens is 433 g/mol. The summed E-state index contributed by atoms with van der Waals surface area (Å²) in [5.41, 5.74) is -0.454. The number of piperazine rings is 1. The van der Waals surface area contributed by atoms with E-state index in [-0.39, 0.29) is 11.6 Å². The standard InChI is InChI=1S/C24H29F3N4O2/c1-23(2,3)33-22(32)30-15-13-29(14-16-30)11-6-12-31-19-8-5-4-7-17(19)18-9-10-28-21(20(18)31)24(25,26)27/h4-5,7-10H,6,11-16H2,1-3H3. The van der Waals surface area contributed by atoms with E-state index < -0.39 is 17.5 Å². The Hall–Kier alpha value is -2.81. The molecule has 0 unspecified atom stereocenters. The lowest BCUT2D eigenvalue weighted by atomic mass is 10.1. The Morgan fingerprint density at radius 1 is 1.00 bits per heavy atom. The van der Waals surface area contributed by atoms with Crippen LogP contribution in [0.2, 0.25) is 0 Å². The summed E-state index contributed by atoms with van der Waals surface area (Å²) < 4.78 is 48.3. The molecule has 0 N–H and O–H groups in total. The molecule has 4 rings (SSSR count). The molecule has 178 valence electrons. The van der Waals surface area contributed by atoms with E-state index in [1.54, 1.807) is 15.5 Å². The lowest BCUT2D eigenvalue weighted by Crippen LogP contribution is -2.50. The molecule has 0 bridgehead atoms.